The van der Waals surface area contributed by atoms with Gasteiger partial charge in [0.25, 0.3) is 0 Å². The van der Waals surface area contributed by atoms with Gasteiger partial charge in [-0.3, -0.25) is 0 Å². The Balaban J connectivity index is 1.86. The van der Waals surface area contributed by atoms with Gasteiger partial charge in [0.1, 0.15) is 17.5 Å². The van der Waals surface area contributed by atoms with E-state index in [1.54, 1.807) is 12.3 Å². The zero-order chi connectivity index (χ0) is 11.4. The molecule has 1 saturated heterocycles. The summed E-state index contributed by atoms with van der Waals surface area (Å²) in [6.07, 6.45) is 5.49. The van der Waals surface area contributed by atoms with Gasteiger partial charge in [-0.15, -0.1) is 0 Å². The summed E-state index contributed by atoms with van der Waals surface area (Å²) in [6.45, 7) is 1.90. The highest BCUT2D eigenvalue weighted by Crippen LogP contribution is 2.18. The largest absolute Gasteiger partial charge is 0.492 e. The minimum absolute atomic E-state index is 0.481. The number of halogens is 1. The van der Waals surface area contributed by atoms with E-state index in [1.165, 1.54) is 25.8 Å². The third-order valence-corrected chi connectivity index (χ3v) is 3.27. The van der Waals surface area contributed by atoms with Crippen molar-refractivity contribution in [1.82, 2.24) is 9.88 Å². The summed E-state index contributed by atoms with van der Waals surface area (Å²) in [5.74, 6) is 0.805. The Hall–Kier alpha value is -0.800. The molecule has 1 aliphatic heterocycles. The number of rotatable bonds is 3. The summed E-state index contributed by atoms with van der Waals surface area (Å²) < 4.78 is 5.73. The van der Waals surface area contributed by atoms with Crippen molar-refractivity contribution in [3.63, 3.8) is 0 Å². The molecule has 1 fully saturated rings. The third kappa shape index (κ3) is 3.09. The van der Waals surface area contributed by atoms with Crippen LogP contribution < -0.4 is 4.74 Å². The van der Waals surface area contributed by atoms with Crippen LogP contribution in [0.4, 0.5) is 0 Å². The average Bonchev–Trinajstić information content (AvgIpc) is 2.28. The second kappa shape index (κ2) is 5.51. The molecule has 1 unspecified atom stereocenters. The summed E-state index contributed by atoms with van der Waals surface area (Å²) in [7, 11) is 2.16. The van der Waals surface area contributed by atoms with Crippen molar-refractivity contribution in [2.24, 2.45) is 0 Å². The number of ether oxygens (including phenoxy) is 1. The van der Waals surface area contributed by atoms with Crippen molar-refractivity contribution in [1.29, 1.82) is 0 Å². The van der Waals surface area contributed by atoms with Crippen molar-refractivity contribution in [3.8, 4) is 5.75 Å². The van der Waals surface area contributed by atoms with Crippen LogP contribution in [-0.4, -0.2) is 36.1 Å². The molecule has 0 N–H and O–H groups in total. The number of aromatic nitrogens is 1. The Labute approximate surface area is 101 Å². The predicted octanol–water partition coefficient (Wildman–Crippen LogP) is 2.60. The molecule has 0 radical (unpaired) electrons. The van der Waals surface area contributed by atoms with E-state index < -0.39 is 0 Å². The van der Waals surface area contributed by atoms with Gasteiger partial charge in [-0.1, -0.05) is 18.0 Å². The number of hydrogen-bond acceptors (Lipinski definition) is 3. The number of piperidine rings is 1. The molecule has 88 valence electrons. The first-order chi connectivity index (χ1) is 7.75. The van der Waals surface area contributed by atoms with Gasteiger partial charge in [-0.2, -0.15) is 0 Å². The Kier molecular flexibility index (Phi) is 4.02. The summed E-state index contributed by atoms with van der Waals surface area (Å²) in [6, 6.07) is 4.12. The molecule has 1 aliphatic rings. The van der Waals surface area contributed by atoms with Crippen LogP contribution in [0.2, 0.25) is 5.15 Å². The summed E-state index contributed by atoms with van der Waals surface area (Å²) in [4.78, 5) is 6.29. The lowest BCUT2D eigenvalue weighted by Crippen LogP contribution is -2.40. The molecule has 0 amide bonds. The minimum atomic E-state index is 0.481. The second-order valence-electron chi connectivity index (χ2n) is 4.26. The number of hydrogen-bond donors (Lipinski definition) is 0. The Morgan fingerprint density at radius 3 is 3.19 bits per heavy atom. The number of pyridine rings is 1. The van der Waals surface area contributed by atoms with E-state index in [2.05, 4.69) is 16.9 Å². The van der Waals surface area contributed by atoms with Gasteiger partial charge in [-0.25, -0.2) is 4.98 Å². The molecule has 2 rings (SSSR count). The van der Waals surface area contributed by atoms with Crippen LogP contribution in [-0.2, 0) is 0 Å². The second-order valence-corrected chi connectivity index (χ2v) is 4.64. The molecule has 1 atom stereocenters. The summed E-state index contributed by atoms with van der Waals surface area (Å²) >= 11 is 5.79. The van der Waals surface area contributed by atoms with Crippen LogP contribution in [0.25, 0.3) is 0 Å². The van der Waals surface area contributed by atoms with Crippen LogP contribution >= 0.6 is 11.6 Å². The van der Waals surface area contributed by atoms with Gasteiger partial charge >= 0.3 is 0 Å². The van der Waals surface area contributed by atoms with Gasteiger partial charge in [0.15, 0.2) is 0 Å². The van der Waals surface area contributed by atoms with E-state index in [9.17, 15) is 0 Å². The quantitative estimate of drug-likeness (QED) is 0.760. The lowest BCUT2D eigenvalue weighted by atomic mass is 10.0. The van der Waals surface area contributed by atoms with E-state index in [0.29, 0.717) is 11.2 Å². The van der Waals surface area contributed by atoms with E-state index in [4.69, 9.17) is 16.3 Å². The number of likely N-dealkylation sites (N-methyl/N-ethyl adjacent to an activating group) is 1. The van der Waals surface area contributed by atoms with Crippen LogP contribution in [0.15, 0.2) is 18.3 Å². The molecular weight excluding hydrogens is 224 g/mol. The standard InChI is InChI=1S/C12H17ClN2O/c1-15-7-3-2-4-10(15)9-16-11-5-6-14-12(13)8-11/h5-6,8,10H,2-4,7,9H2,1H3. The van der Waals surface area contributed by atoms with Crippen LogP contribution in [0, 0.1) is 0 Å². The molecule has 0 bridgehead atoms. The predicted molar refractivity (Wildman–Crippen MR) is 65.0 cm³/mol. The zero-order valence-corrected chi connectivity index (χ0v) is 10.3. The number of likely N-dealkylation sites (tertiary alicyclic amines) is 1. The molecule has 0 aliphatic carbocycles. The highest BCUT2D eigenvalue weighted by molar-refractivity contribution is 6.29. The maximum absolute atomic E-state index is 5.79. The first-order valence-electron chi connectivity index (χ1n) is 5.70. The fourth-order valence-corrected chi connectivity index (χ4v) is 2.19. The monoisotopic (exact) mass is 240 g/mol. The molecule has 0 spiro atoms. The van der Waals surface area contributed by atoms with Crippen LogP contribution in [0.3, 0.4) is 0 Å². The highest BCUT2D eigenvalue weighted by Gasteiger charge is 2.19. The van der Waals surface area contributed by atoms with Crippen molar-refractivity contribution in [2.75, 3.05) is 20.2 Å². The van der Waals surface area contributed by atoms with Crippen molar-refractivity contribution < 1.29 is 4.74 Å². The minimum Gasteiger partial charge on any atom is -0.492 e. The SMILES string of the molecule is CN1CCCCC1COc1ccnc(Cl)c1. The molecule has 1 aromatic rings. The maximum atomic E-state index is 5.79. The summed E-state index contributed by atoms with van der Waals surface area (Å²) in [5.41, 5.74) is 0. The molecule has 16 heavy (non-hydrogen) atoms. The first-order valence-corrected chi connectivity index (χ1v) is 6.08. The Morgan fingerprint density at radius 2 is 2.44 bits per heavy atom. The van der Waals surface area contributed by atoms with Gasteiger partial charge in [0, 0.05) is 18.3 Å². The maximum Gasteiger partial charge on any atom is 0.132 e. The van der Waals surface area contributed by atoms with E-state index >= 15 is 0 Å². The van der Waals surface area contributed by atoms with Crippen LogP contribution in [0.1, 0.15) is 19.3 Å². The first kappa shape index (κ1) is 11.7. The third-order valence-electron chi connectivity index (χ3n) is 3.06. The van der Waals surface area contributed by atoms with Crippen molar-refractivity contribution in [3.05, 3.63) is 23.5 Å². The Bertz CT molecular complexity index is 346. The van der Waals surface area contributed by atoms with Gasteiger partial charge in [0.05, 0.1) is 0 Å². The summed E-state index contributed by atoms with van der Waals surface area (Å²) in [5, 5.41) is 0.481. The molecule has 0 saturated carbocycles. The molecule has 4 heteroatoms. The Morgan fingerprint density at radius 1 is 1.56 bits per heavy atom. The smallest absolute Gasteiger partial charge is 0.132 e. The fraction of sp³-hybridized carbons (Fsp3) is 0.583. The van der Waals surface area contributed by atoms with Crippen LogP contribution in [0.5, 0.6) is 5.75 Å². The zero-order valence-electron chi connectivity index (χ0n) is 9.53. The van der Waals surface area contributed by atoms with Crippen molar-refractivity contribution >= 4 is 11.6 Å². The van der Waals surface area contributed by atoms with E-state index in [1.807, 2.05) is 6.07 Å². The molecule has 0 aromatic carbocycles. The number of nitrogens with zero attached hydrogens (tertiary/aromatic N) is 2. The van der Waals surface area contributed by atoms with Gasteiger partial charge < -0.3 is 9.64 Å². The molecule has 2 heterocycles. The highest BCUT2D eigenvalue weighted by atomic mass is 35.5. The van der Waals surface area contributed by atoms with Gasteiger partial charge in [-0.05, 0) is 32.5 Å². The lowest BCUT2D eigenvalue weighted by molar-refractivity contribution is 0.125. The normalized spacial score (nSPS) is 22.0. The topological polar surface area (TPSA) is 25.4 Å². The molecular formula is C12H17ClN2O. The average molecular weight is 241 g/mol. The van der Waals surface area contributed by atoms with Crippen molar-refractivity contribution in [2.45, 2.75) is 25.3 Å². The fourth-order valence-electron chi connectivity index (χ4n) is 2.02. The van der Waals surface area contributed by atoms with E-state index in [0.717, 1.165) is 12.4 Å². The molecule has 3 nitrogen and oxygen atoms in total. The van der Waals surface area contributed by atoms with E-state index in [-0.39, 0.29) is 0 Å². The van der Waals surface area contributed by atoms with Gasteiger partial charge in [0.2, 0.25) is 0 Å². The lowest BCUT2D eigenvalue weighted by Gasteiger charge is -2.32. The molecule has 1 aromatic heterocycles.